The highest BCUT2D eigenvalue weighted by Crippen LogP contribution is 2.35. The average Bonchev–Trinajstić information content (AvgIpc) is 3.31. The molecule has 0 saturated heterocycles. The Kier molecular flexibility index (Phi) is 8.33. The molecule has 0 radical (unpaired) electrons. The van der Waals surface area contributed by atoms with Crippen molar-refractivity contribution >= 4 is 68.5 Å². The number of esters is 2. The molecule has 162 valence electrons. The highest BCUT2D eigenvalue weighted by molar-refractivity contribution is 7.80. The zero-order valence-electron chi connectivity index (χ0n) is 17.3. The van der Waals surface area contributed by atoms with Gasteiger partial charge in [0.2, 0.25) is 0 Å². The summed E-state index contributed by atoms with van der Waals surface area (Å²) in [5, 5.41) is 8.17. The van der Waals surface area contributed by atoms with E-state index in [-0.39, 0.29) is 16.6 Å². The van der Waals surface area contributed by atoms with Crippen LogP contribution in [0.3, 0.4) is 0 Å². The minimum absolute atomic E-state index is 0.159. The first kappa shape index (κ1) is 23.8. The molecule has 0 bridgehead atoms. The van der Waals surface area contributed by atoms with E-state index < -0.39 is 11.9 Å². The van der Waals surface area contributed by atoms with Crippen LogP contribution in [0.4, 0.5) is 10.7 Å². The summed E-state index contributed by atoms with van der Waals surface area (Å²) < 4.78 is 9.65. The molecule has 2 aromatic heterocycles. The molecular weight excluding hydrogens is 446 g/mol. The standard InChI is InChI=1S/C19H23N3O5S3/c1-6-22(7-2)16(23)13-10(3)12(17(24)26-4)15(30-13)21-19(28)20-11-8-9-29-14(11)18(25)27-5/h8-9H,6-7H2,1-5H3,(H2,20,21,28). The molecule has 11 heteroatoms. The number of hydrogen-bond donors (Lipinski definition) is 2. The van der Waals surface area contributed by atoms with Crippen LogP contribution in [0.2, 0.25) is 0 Å². The molecule has 0 atom stereocenters. The minimum Gasteiger partial charge on any atom is -0.465 e. The third-order valence-corrected chi connectivity index (χ3v) is 6.59. The molecule has 30 heavy (non-hydrogen) atoms. The van der Waals surface area contributed by atoms with Crippen molar-refractivity contribution in [1.29, 1.82) is 0 Å². The van der Waals surface area contributed by atoms with Gasteiger partial charge in [0.1, 0.15) is 9.88 Å². The van der Waals surface area contributed by atoms with Crippen LogP contribution >= 0.6 is 34.9 Å². The second kappa shape index (κ2) is 10.5. The fourth-order valence-corrected chi connectivity index (χ4v) is 4.93. The van der Waals surface area contributed by atoms with E-state index >= 15 is 0 Å². The quantitative estimate of drug-likeness (QED) is 0.464. The van der Waals surface area contributed by atoms with Crippen molar-refractivity contribution in [2.45, 2.75) is 20.8 Å². The Morgan fingerprint density at radius 3 is 2.27 bits per heavy atom. The number of hydrogen-bond acceptors (Lipinski definition) is 8. The SMILES string of the molecule is CCN(CC)C(=O)c1sc(NC(=S)Nc2ccsc2C(=O)OC)c(C(=O)OC)c1C. The number of amides is 1. The van der Waals surface area contributed by atoms with Gasteiger partial charge in [-0.3, -0.25) is 4.79 Å². The highest BCUT2D eigenvalue weighted by Gasteiger charge is 2.27. The van der Waals surface area contributed by atoms with E-state index in [9.17, 15) is 14.4 Å². The average molecular weight is 470 g/mol. The van der Waals surface area contributed by atoms with Crippen LogP contribution in [0.1, 0.15) is 49.1 Å². The van der Waals surface area contributed by atoms with Crippen LogP contribution in [0.15, 0.2) is 11.4 Å². The number of carbonyl (C=O) groups excluding carboxylic acids is 3. The van der Waals surface area contributed by atoms with Crippen LogP contribution in [-0.4, -0.2) is 55.2 Å². The molecular formula is C19H23N3O5S3. The van der Waals surface area contributed by atoms with Gasteiger partial charge < -0.3 is 25.0 Å². The molecule has 2 aromatic rings. The van der Waals surface area contributed by atoms with Crippen molar-refractivity contribution < 1.29 is 23.9 Å². The summed E-state index contributed by atoms with van der Waals surface area (Å²) in [6.45, 7) is 6.59. The molecule has 0 aliphatic heterocycles. The summed E-state index contributed by atoms with van der Waals surface area (Å²) in [4.78, 5) is 39.6. The maximum Gasteiger partial charge on any atom is 0.350 e. The Morgan fingerprint density at radius 1 is 1.07 bits per heavy atom. The topological polar surface area (TPSA) is 97.0 Å². The third-order valence-electron chi connectivity index (χ3n) is 4.29. The summed E-state index contributed by atoms with van der Waals surface area (Å²) in [6, 6.07) is 1.70. The molecule has 0 fully saturated rings. The van der Waals surface area contributed by atoms with Crippen molar-refractivity contribution in [1.82, 2.24) is 4.90 Å². The van der Waals surface area contributed by atoms with Crippen molar-refractivity contribution in [3.8, 4) is 0 Å². The fraction of sp³-hybridized carbons (Fsp3) is 0.368. The molecule has 2 rings (SSSR count). The monoisotopic (exact) mass is 469 g/mol. The summed E-state index contributed by atoms with van der Waals surface area (Å²) in [5.41, 5.74) is 1.26. The van der Waals surface area contributed by atoms with Crippen LogP contribution in [0, 0.1) is 6.92 Å². The number of nitrogens with one attached hydrogen (secondary N) is 2. The van der Waals surface area contributed by atoms with Gasteiger partial charge in [-0.15, -0.1) is 22.7 Å². The van der Waals surface area contributed by atoms with E-state index in [1.807, 2.05) is 13.8 Å². The van der Waals surface area contributed by atoms with Crippen molar-refractivity contribution in [3.05, 3.63) is 32.3 Å². The minimum atomic E-state index is -0.571. The molecule has 0 aromatic carbocycles. The Morgan fingerprint density at radius 2 is 1.70 bits per heavy atom. The Balaban J connectivity index is 2.34. The molecule has 0 saturated carbocycles. The molecule has 1 amide bonds. The number of thiocarbonyl (C=S) groups is 1. The lowest BCUT2D eigenvalue weighted by atomic mass is 10.1. The Hall–Kier alpha value is -2.50. The lowest BCUT2D eigenvalue weighted by molar-refractivity contribution is 0.0595. The van der Waals surface area contributed by atoms with E-state index in [0.717, 1.165) is 11.3 Å². The zero-order chi connectivity index (χ0) is 22.4. The molecule has 0 spiro atoms. The maximum atomic E-state index is 12.9. The van der Waals surface area contributed by atoms with Crippen molar-refractivity contribution in [2.75, 3.05) is 37.9 Å². The molecule has 8 nitrogen and oxygen atoms in total. The molecule has 0 aliphatic carbocycles. The third kappa shape index (κ3) is 4.97. The Labute approximate surface area is 188 Å². The van der Waals surface area contributed by atoms with Gasteiger partial charge in [0.25, 0.3) is 5.91 Å². The van der Waals surface area contributed by atoms with Crippen LogP contribution in [0.5, 0.6) is 0 Å². The van der Waals surface area contributed by atoms with Gasteiger partial charge in [-0.25, -0.2) is 9.59 Å². The summed E-state index contributed by atoms with van der Waals surface area (Å²) in [5.74, 6) is -1.21. The van der Waals surface area contributed by atoms with Crippen molar-refractivity contribution in [3.63, 3.8) is 0 Å². The summed E-state index contributed by atoms with van der Waals surface area (Å²) in [7, 11) is 2.58. The number of ether oxygens (including phenoxy) is 2. The summed E-state index contributed by atoms with van der Waals surface area (Å²) in [6.07, 6.45) is 0. The number of thiophene rings is 2. The number of carbonyl (C=O) groups is 3. The maximum absolute atomic E-state index is 12.9. The first-order chi connectivity index (χ1) is 14.3. The first-order valence-electron chi connectivity index (χ1n) is 9.03. The second-order valence-electron chi connectivity index (χ2n) is 5.96. The van der Waals surface area contributed by atoms with Gasteiger partial charge in [-0.1, -0.05) is 0 Å². The Bertz CT molecular complexity index is 963. The van der Waals surface area contributed by atoms with Gasteiger partial charge >= 0.3 is 11.9 Å². The number of methoxy groups -OCH3 is 2. The second-order valence-corrected chi connectivity index (χ2v) is 8.31. The summed E-state index contributed by atoms with van der Waals surface area (Å²) >= 11 is 7.70. The number of nitrogens with zero attached hydrogens (tertiary/aromatic N) is 1. The van der Waals surface area contributed by atoms with Crippen molar-refractivity contribution in [2.24, 2.45) is 0 Å². The predicted molar refractivity (Wildman–Crippen MR) is 123 cm³/mol. The van der Waals surface area contributed by atoms with Crippen LogP contribution in [-0.2, 0) is 9.47 Å². The van der Waals surface area contributed by atoms with Gasteiger partial charge in [-0.05, 0) is 50.0 Å². The van der Waals surface area contributed by atoms with E-state index in [1.165, 1.54) is 25.6 Å². The predicted octanol–water partition coefficient (Wildman–Crippen LogP) is 3.98. The van der Waals surface area contributed by atoms with E-state index in [2.05, 4.69) is 10.6 Å². The number of anilines is 2. The fourth-order valence-electron chi connectivity index (χ4n) is 2.72. The normalized spacial score (nSPS) is 10.3. The number of rotatable bonds is 7. The van der Waals surface area contributed by atoms with E-state index in [4.69, 9.17) is 21.7 Å². The lowest BCUT2D eigenvalue weighted by Gasteiger charge is -2.17. The van der Waals surface area contributed by atoms with E-state index in [1.54, 1.807) is 23.3 Å². The zero-order valence-corrected chi connectivity index (χ0v) is 19.7. The smallest absolute Gasteiger partial charge is 0.350 e. The molecule has 2 N–H and O–H groups in total. The molecule has 2 heterocycles. The van der Waals surface area contributed by atoms with Crippen LogP contribution < -0.4 is 10.6 Å². The highest BCUT2D eigenvalue weighted by atomic mass is 32.1. The largest absolute Gasteiger partial charge is 0.465 e. The van der Waals surface area contributed by atoms with Gasteiger partial charge in [0.05, 0.1) is 30.3 Å². The first-order valence-corrected chi connectivity index (χ1v) is 11.1. The van der Waals surface area contributed by atoms with Gasteiger partial charge in [-0.2, -0.15) is 0 Å². The van der Waals surface area contributed by atoms with Gasteiger partial charge in [0, 0.05) is 13.1 Å². The molecule has 0 aliphatic rings. The van der Waals surface area contributed by atoms with E-state index in [0.29, 0.717) is 39.1 Å². The lowest BCUT2D eigenvalue weighted by Crippen LogP contribution is -2.30. The van der Waals surface area contributed by atoms with Crippen LogP contribution in [0.25, 0.3) is 0 Å². The van der Waals surface area contributed by atoms with Gasteiger partial charge in [0.15, 0.2) is 5.11 Å². The molecule has 0 unspecified atom stereocenters.